The summed E-state index contributed by atoms with van der Waals surface area (Å²) in [5.74, 6) is 0.269. The Morgan fingerprint density at radius 3 is 2.38 bits per heavy atom. The van der Waals surface area contributed by atoms with Crippen molar-refractivity contribution in [2.75, 3.05) is 16.8 Å². The zero-order valence-corrected chi connectivity index (χ0v) is 23.4. The molecule has 7 atom stereocenters. The van der Waals surface area contributed by atoms with Gasteiger partial charge in [-0.15, -0.1) is 0 Å². The number of aromatic nitrogens is 1. The highest BCUT2D eigenvalue weighted by Gasteiger charge is 2.69. The minimum atomic E-state index is -5.46. The smallest absolute Gasteiger partial charge is 0.381 e. The van der Waals surface area contributed by atoms with E-state index in [2.05, 4.69) is 20.5 Å². The summed E-state index contributed by atoms with van der Waals surface area (Å²) >= 11 is 0. The second kappa shape index (κ2) is 10.1. The first-order chi connectivity index (χ1) is 19.5. The van der Waals surface area contributed by atoms with E-state index in [1.165, 1.54) is 25.1 Å². The molecule has 13 heteroatoms. The molecule has 3 aliphatic rings. The molecule has 228 valence electrons. The number of aliphatic hydroxyl groups excluding tert-OH is 1. The van der Waals surface area contributed by atoms with E-state index in [1.807, 2.05) is 6.07 Å². The van der Waals surface area contributed by atoms with E-state index < -0.39 is 36.2 Å². The van der Waals surface area contributed by atoms with Crippen molar-refractivity contribution >= 4 is 23.2 Å². The highest BCUT2D eigenvalue weighted by molar-refractivity contribution is 5.96. The summed E-state index contributed by atoms with van der Waals surface area (Å²) in [6, 6.07) is 7.88. The first kappa shape index (κ1) is 30.1. The molecule has 5 N–H and O–H groups in total. The van der Waals surface area contributed by atoms with Gasteiger partial charge in [0.25, 0.3) is 5.91 Å². The Hall–Kier alpha value is -3.32. The van der Waals surface area contributed by atoms with Crippen molar-refractivity contribution in [3.63, 3.8) is 0 Å². The number of nitrogens with zero attached hydrogens (tertiary/aromatic N) is 2. The maximum absolute atomic E-state index is 14.9. The average molecular weight is 596 g/mol. The molecule has 2 saturated carbocycles. The molecular formula is C29H34F5N5O3. The number of carbonyl (C=O) groups is 2. The number of carbonyl (C=O) groups excluding carboxylic acids is 2. The lowest BCUT2D eigenvalue weighted by Crippen LogP contribution is -2.75. The van der Waals surface area contributed by atoms with Gasteiger partial charge >= 0.3 is 6.18 Å². The molecule has 2 heterocycles. The number of piperidine rings is 1. The van der Waals surface area contributed by atoms with Crippen molar-refractivity contribution in [2.24, 2.45) is 11.1 Å². The van der Waals surface area contributed by atoms with Crippen LogP contribution in [0.1, 0.15) is 79.0 Å². The standard InChI is InChI=1S/C29H34F5N5O3/c1-15(40)17-5-7-23(36-13-17)39-21-8-9-28(21)12-18(11-22(28)39)38-25(42)16-4-6-19(24(35)41)20(10-16)37-14-26(2,30)27(3,31)29(32,33)34/h4-7,10,13,18,21-22,24,37,41H,8-9,11-12,14,35H2,1-3H3,(H,38,42). The molecular weight excluding hydrogens is 561 g/mol. The maximum Gasteiger partial charge on any atom is 0.425 e. The fourth-order valence-corrected chi connectivity index (χ4v) is 6.67. The second-order valence-corrected chi connectivity index (χ2v) is 12.1. The highest BCUT2D eigenvalue weighted by atomic mass is 19.4. The summed E-state index contributed by atoms with van der Waals surface area (Å²) in [6.45, 7) is 0.991. The molecule has 1 aliphatic heterocycles. The van der Waals surface area contributed by atoms with Gasteiger partial charge in [-0.1, -0.05) is 6.07 Å². The molecule has 8 nitrogen and oxygen atoms in total. The zero-order chi connectivity index (χ0) is 30.8. The molecule has 42 heavy (non-hydrogen) atoms. The number of hydrogen-bond acceptors (Lipinski definition) is 7. The number of amides is 1. The Morgan fingerprint density at radius 2 is 1.83 bits per heavy atom. The third-order valence-corrected chi connectivity index (χ3v) is 9.53. The minimum Gasteiger partial charge on any atom is -0.381 e. The predicted molar refractivity (Wildman–Crippen MR) is 146 cm³/mol. The summed E-state index contributed by atoms with van der Waals surface area (Å²) < 4.78 is 68.7. The van der Waals surface area contributed by atoms with E-state index in [0.29, 0.717) is 24.9 Å². The molecule has 0 radical (unpaired) electrons. The molecule has 0 bridgehead atoms. The Kier molecular flexibility index (Phi) is 7.28. The fourth-order valence-electron chi connectivity index (χ4n) is 6.67. The molecule has 7 unspecified atom stereocenters. The third-order valence-electron chi connectivity index (χ3n) is 9.53. The van der Waals surface area contributed by atoms with Crippen molar-refractivity contribution in [2.45, 2.75) is 88.3 Å². The van der Waals surface area contributed by atoms with Gasteiger partial charge in [0.15, 0.2) is 11.5 Å². The largest absolute Gasteiger partial charge is 0.425 e. The first-order valence-electron chi connectivity index (χ1n) is 13.8. The number of aliphatic hydroxyl groups is 1. The Morgan fingerprint density at radius 1 is 1.14 bits per heavy atom. The molecule has 5 rings (SSSR count). The van der Waals surface area contributed by atoms with Gasteiger partial charge in [-0.3, -0.25) is 9.59 Å². The number of halogens is 5. The number of alkyl halides is 5. The predicted octanol–water partition coefficient (Wildman–Crippen LogP) is 4.59. The first-order valence-corrected chi connectivity index (χ1v) is 13.8. The molecule has 2 aromatic rings. The molecule has 1 aromatic heterocycles. The lowest BCUT2D eigenvalue weighted by atomic mass is 9.53. The van der Waals surface area contributed by atoms with Crippen LogP contribution in [0, 0.1) is 5.41 Å². The number of anilines is 2. The van der Waals surface area contributed by atoms with Crippen molar-refractivity contribution in [1.29, 1.82) is 0 Å². The van der Waals surface area contributed by atoms with Crippen molar-refractivity contribution < 1.29 is 36.6 Å². The Bertz CT molecular complexity index is 1380. The number of benzene rings is 1. The maximum atomic E-state index is 14.9. The van der Waals surface area contributed by atoms with Gasteiger partial charge in [0, 0.05) is 52.1 Å². The van der Waals surface area contributed by atoms with Crippen LogP contribution in [0.2, 0.25) is 0 Å². The van der Waals surface area contributed by atoms with Crippen LogP contribution < -0.4 is 21.3 Å². The quantitative estimate of drug-likeness (QED) is 0.190. The van der Waals surface area contributed by atoms with E-state index in [9.17, 15) is 36.6 Å². The molecule has 1 amide bonds. The van der Waals surface area contributed by atoms with E-state index in [1.54, 1.807) is 12.3 Å². The second-order valence-electron chi connectivity index (χ2n) is 12.1. The van der Waals surface area contributed by atoms with Gasteiger partial charge in [0.05, 0.1) is 6.54 Å². The van der Waals surface area contributed by atoms with E-state index >= 15 is 0 Å². The summed E-state index contributed by atoms with van der Waals surface area (Å²) in [5.41, 5.74) is -1.35. The van der Waals surface area contributed by atoms with Gasteiger partial charge in [0.2, 0.25) is 5.67 Å². The SMILES string of the molecule is CC(=O)c1ccc(N2C3CCC34CC(NC(=O)c3ccc(C(N)O)c(NCC(C)(F)C(C)(F)C(F)(F)F)c3)CC24)nc1. The van der Waals surface area contributed by atoms with Crippen LogP contribution in [-0.2, 0) is 0 Å². The van der Waals surface area contributed by atoms with Crippen molar-refractivity contribution in [3.05, 3.63) is 53.2 Å². The average Bonchev–Trinajstić information content (AvgIpc) is 3.27. The number of Topliss-reactive ketones (excluding diaryl/α,β-unsaturated/α-hetero) is 1. The minimum absolute atomic E-state index is 0.00367. The van der Waals surface area contributed by atoms with Gasteiger partial charge in [-0.2, -0.15) is 13.2 Å². The fraction of sp³-hybridized carbons (Fsp3) is 0.552. The molecule has 3 fully saturated rings. The number of ketones is 1. The topological polar surface area (TPSA) is 121 Å². The molecule has 1 saturated heterocycles. The molecule has 1 aromatic carbocycles. The highest BCUT2D eigenvalue weighted by Crippen LogP contribution is 2.65. The van der Waals surface area contributed by atoms with Gasteiger partial charge in [-0.05, 0) is 70.7 Å². The number of nitrogens with two attached hydrogens (primary N) is 1. The van der Waals surface area contributed by atoms with Crippen LogP contribution in [0.25, 0.3) is 0 Å². The monoisotopic (exact) mass is 595 g/mol. The number of pyridine rings is 1. The number of rotatable bonds is 9. The van der Waals surface area contributed by atoms with E-state index in [0.717, 1.165) is 25.1 Å². The van der Waals surface area contributed by atoms with Crippen LogP contribution in [-0.4, -0.2) is 64.0 Å². The Balaban J connectivity index is 1.28. The summed E-state index contributed by atoms with van der Waals surface area (Å²) in [7, 11) is 0. The van der Waals surface area contributed by atoms with Crippen LogP contribution in [0.3, 0.4) is 0 Å². The third kappa shape index (κ3) is 4.80. The van der Waals surface area contributed by atoms with Crippen LogP contribution in [0.4, 0.5) is 33.5 Å². The Labute approximate surface area is 239 Å². The number of nitrogens with one attached hydrogen (secondary N) is 2. The van der Waals surface area contributed by atoms with Crippen LogP contribution >= 0.6 is 0 Å². The summed E-state index contributed by atoms with van der Waals surface area (Å²) in [5, 5.41) is 15.4. The summed E-state index contributed by atoms with van der Waals surface area (Å²) in [6.07, 6.45) is -1.99. The van der Waals surface area contributed by atoms with Crippen LogP contribution in [0.15, 0.2) is 36.5 Å². The summed E-state index contributed by atoms with van der Waals surface area (Å²) in [4.78, 5) is 31.6. The lowest BCUT2D eigenvalue weighted by molar-refractivity contribution is -0.260. The lowest BCUT2D eigenvalue weighted by Gasteiger charge is -2.68. The van der Waals surface area contributed by atoms with Gasteiger partial charge < -0.3 is 26.4 Å². The van der Waals surface area contributed by atoms with E-state index in [4.69, 9.17) is 5.73 Å². The van der Waals surface area contributed by atoms with Crippen molar-refractivity contribution in [1.82, 2.24) is 10.3 Å². The molecule has 2 aliphatic carbocycles. The zero-order valence-electron chi connectivity index (χ0n) is 23.4. The van der Waals surface area contributed by atoms with E-state index in [-0.39, 0.29) is 47.0 Å². The number of hydrogen-bond donors (Lipinski definition) is 4. The van der Waals surface area contributed by atoms with Gasteiger partial charge in [0.1, 0.15) is 12.0 Å². The van der Waals surface area contributed by atoms with Gasteiger partial charge in [-0.25, -0.2) is 13.8 Å². The normalized spacial score (nSPS) is 28.2. The van der Waals surface area contributed by atoms with Crippen LogP contribution in [0.5, 0.6) is 0 Å². The molecule has 1 spiro atoms. The van der Waals surface area contributed by atoms with Crippen molar-refractivity contribution in [3.8, 4) is 0 Å².